The van der Waals surface area contributed by atoms with E-state index in [4.69, 9.17) is 0 Å². The first-order valence-corrected chi connectivity index (χ1v) is 8.08. The molecule has 1 aliphatic carbocycles. The molecule has 3 heteroatoms. The van der Waals surface area contributed by atoms with Gasteiger partial charge in [-0.2, -0.15) is 0 Å². The zero-order valence-electron chi connectivity index (χ0n) is 12.6. The van der Waals surface area contributed by atoms with Gasteiger partial charge in [0.25, 0.3) is 5.91 Å². The molecule has 1 aromatic carbocycles. The summed E-state index contributed by atoms with van der Waals surface area (Å²) >= 11 is 0. The molecule has 1 aliphatic heterocycles. The lowest BCUT2D eigenvalue weighted by Crippen LogP contribution is -2.39. The number of benzene rings is 1. The van der Waals surface area contributed by atoms with E-state index in [2.05, 4.69) is 24.0 Å². The topological polar surface area (TPSA) is 32.3 Å². The number of fused-ring (bicyclic) bond motifs is 1. The number of amides is 1. The van der Waals surface area contributed by atoms with Gasteiger partial charge in [-0.25, -0.2) is 0 Å². The molecule has 2 aliphatic rings. The highest BCUT2D eigenvalue weighted by Crippen LogP contribution is 2.27. The van der Waals surface area contributed by atoms with Crippen LogP contribution in [0.5, 0.6) is 0 Å². The minimum atomic E-state index is 0.162. The molecule has 0 bridgehead atoms. The van der Waals surface area contributed by atoms with Gasteiger partial charge in [-0.05, 0) is 49.4 Å². The number of hydrogen-bond donors (Lipinski definition) is 1. The predicted molar refractivity (Wildman–Crippen MR) is 86.7 cm³/mol. The van der Waals surface area contributed by atoms with Crippen molar-refractivity contribution in [3.63, 3.8) is 0 Å². The van der Waals surface area contributed by atoms with Gasteiger partial charge in [-0.3, -0.25) is 4.79 Å². The molecule has 0 unspecified atom stereocenters. The van der Waals surface area contributed by atoms with Gasteiger partial charge >= 0.3 is 0 Å². The van der Waals surface area contributed by atoms with Gasteiger partial charge in [0, 0.05) is 30.4 Å². The van der Waals surface area contributed by atoms with Crippen molar-refractivity contribution in [2.75, 3.05) is 18.4 Å². The third-order valence-corrected chi connectivity index (χ3v) is 4.64. The summed E-state index contributed by atoms with van der Waals surface area (Å²) in [6.07, 6.45) is 8.78. The molecule has 0 spiro atoms. The van der Waals surface area contributed by atoms with Crippen LogP contribution in [-0.4, -0.2) is 29.9 Å². The molecule has 112 valence electrons. The van der Waals surface area contributed by atoms with E-state index < -0.39 is 0 Å². The quantitative estimate of drug-likeness (QED) is 0.857. The van der Waals surface area contributed by atoms with Crippen LogP contribution in [0.25, 0.3) is 0 Å². The second kappa shape index (κ2) is 6.33. The van der Waals surface area contributed by atoms with Crippen molar-refractivity contribution in [3.05, 3.63) is 42.0 Å². The third-order valence-electron chi connectivity index (χ3n) is 4.64. The zero-order valence-corrected chi connectivity index (χ0v) is 12.6. The van der Waals surface area contributed by atoms with Crippen LogP contribution in [0, 0.1) is 0 Å². The highest BCUT2D eigenvalue weighted by atomic mass is 16.2. The van der Waals surface area contributed by atoms with Crippen LogP contribution >= 0.6 is 0 Å². The average Bonchev–Trinajstić information content (AvgIpc) is 3.05. The first-order chi connectivity index (χ1) is 10.3. The molecule has 0 aromatic heterocycles. The molecule has 0 atom stereocenters. The van der Waals surface area contributed by atoms with E-state index in [1.54, 1.807) is 0 Å². The molecule has 0 saturated heterocycles. The fourth-order valence-corrected chi connectivity index (χ4v) is 3.53. The predicted octanol–water partition coefficient (Wildman–Crippen LogP) is 3.62. The van der Waals surface area contributed by atoms with E-state index >= 15 is 0 Å². The molecule has 1 fully saturated rings. The minimum Gasteiger partial charge on any atom is -0.385 e. The standard InChI is InChI=1S/C18H24N2O/c1-2-12-20(16-7-3-4-8-16)18(21)15-9-10-17-14(13-15)6-5-11-19-17/h2,9-10,13,16,19H,1,3-8,11-12H2. The molecular weight excluding hydrogens is 260 g/mol. The first kappa shape index (κ1) is 14.2. The maximum atomic E-state index is 12.9. The van der Waals surface area contributed by atoms with E-state index in [-0.39, 0.29) is 5.91 Å². The van der Waals surface area contributed by atoms with Crippen molar-refractivity contribution in [2.45, 2.75) is 44.6 Å². The third kappa shape index (κ3) is 2.97. The fourth-order valence-electron chi connectivity index (χ4n) is 3.53. The monoisotopic (exact) mass is 284 g/mol. The summed E-state index contributed by atoms with van der Waals surface area (Å²) in [6.45, 7) is 5.50. The lowest BCUT2D eigenvalue weighted by atomic mass is 10.00. The highest BCUT2D eigenvalue weighted by molar-refractivity contribution is 5.95. The number of hydrogen-bond acceptors (Lipinski definition) is 2. The number of carbonyl (C=O) groups is 1. The fraction of sp³-hybridized carbons (Fsp3) is 0.500. The Labute approximate surface area is 127 Å². The molecule has 3 rings (SSSR count). The summed E-state index contributed by atoms with van der Waals surface area (Å²) in [7, 11) is 0. The van der Waals surface area contributed by atoms with Crippen LogP contribution < -0.4 is 5.32 Å². The highest BCUT2D eigenvalue weighted by Gasteiger charge is 2.27. The molecule has 0 radical (unpaired) electrons. The van der Waals surface area contributed by atoms with Crippen molar-refractivity contribution >= 4 is 11.6 Å². The van der Waals surface area contributed by atoms with Gasteiger partial charge < -0.3 is 10.2 Å². The Morgan fingerprint density at radius 1 is 1.33 bits per heavy atom. The average molecular weight is 284 g/mol. The van der Waals surface area contributed by atoms with Crippen molar-refractivity contribution in [2.24, 2.45) is 0 Å². The number of nitrogens with zero attached hydrogens (tertiary/aromatic N) is 1. The van der Waals surface area contributed by atoms with E-state index in [1.807, 2.05) is 17.0 Å². The van der Waals surface area contributed by atoms with Crippen molar-refractivity contribution in [1.29, 1.82) is 0 Å². The van der Waals surface area contributed by atoms with Gasteiger partial charge in [-0.15, -0.1) is 6.58 Å². The van der Waals surface area contributed by atoms with E-state index in [0.717, 1.165) is 37.8 Å². The Kier molecular flexibility index (Phi) is 4.28. The molecule has 1 N–H and O–H groups in total. The van der Waals surface area contributed by atoms with Crippen LogP contribution in [0.15, 0.2) is 30.9 Å². The number of rotatable bonds is 4. The van der Waals surface area contributed by atoms with Crippen molar-refractivity contribution in [3.8, 4) is 0 Å². The van der Waals surface area contributed by atoms with Crippen LogP contribution in [-0.2, 0) is 6.42 Å². The Balaban J connectivity index is 1.83. The number of anilines is 1. The maximum absolute atomic E-state index is 12.9. The molecular formula is C18H24N2O. The van der Waals surface area contributed by atoms with Crippen LogP contribution in [0.2, 0.25) is 0 Å². The molecule has 1 amide bonds. The van der Waals surface area contributed by atoms with Gasteiger partial charge in [-0.1, -0.05) is 18.9 Å². The second-order valence-corrected chi connectivity index (χ2v) is 6.09. The van der Waals surface area contributed by atoms with Gasteiger partial charge in [0.05, 0.1) is 0 Å². The van der Waals surface area contributed by atoms with Crippen molar-refractivity contribution in [1.82, 2.24) is 4.90 Å². The minimum absolute atomic E-state index is 0.162. The summed E-state index contributed by atoms with van der Waals surface area (Å²) < 4.78 is 0. The Bertz CT molecular complexity index is 532. The molecule has 1 aromatic rings. The van der Waals surface area contributed by atoms with Gasteiger partial charge in [0.1, 0.15) is 0 Å². The second-order valence-electron chi connectivity index (χ2n) is 6.09. The summed E-state index contributed by atoms with van der Waals surface area (Å²) in [5.74, 6) is 0.162. The molecule has 21 heavy (non-hydrogen) atoms. The normalized spacial score (nSPS) is 17.9. The lowest BCUT2D eigenvalue weighted by Gasteiger charge is -2.28. The number of nitrogens with one attached hydrogen (secondary N) is 1. The van der Waals surface area contributed by atoms with E-state index in [1.165, 1.54) is 24.1 Å². The van der Waals surface area contributed by atoms with E-state index in [9.17, 15) is 4.79 Å². The zero-order chi connectivity index (χ0) is 14.7. The molecule has 1 heterocycles. The smallest absolute Gasteiger partial charge is 0.254 e. The van der Waals surface area contributed by atoms with Crippen LogP contribution in [0.4, 0.5) is 5.69 Å². The Morgan fingerprint density at radius 3 is 2.90 bits per heavy atom. The largest absolute Gasteiger partial charge is 0.385 e. The first-order valence-electron chi connectivity index (χ1n) is 8.08. The Hall–Kier alpha value is -1.77. The molecule has 3 nitrogen and oxygen atoms in total. The van der Waals surface area contributed by atoms with Crippen LogP contribution in [0.1, 0.15) is 48.0 Å². The number of aryl methyl sites for hydroxylation is 1. The summed E-state index contributed by atoms with van der Waals surface area (Å²) in [5, 5.41) is 3.40. The molecule has 1 saturated carbocycles. The van der Waals surface area contributed by atoms with Gasteiger partial charge in [0.15, 0.2) is 0 Å². The Morgan fingerprint density at radius 2 is 2.14 bits per heavy atom. The summed E-state index contributed by atoms with van der Waals surface area (Å²) in [6, 6.07) is 6.49. The van der Waals surface area contributed by atoms with Crippen LogP contribution in [0.3, 0.4) is 0 Å². The maximum Gasteiger partial charge on any atom is 0.254 e. The van der Waals surface area contributed by atoms with Crippen molar-refractivity contribution < 1.29 is 4.79 Å². The summed E-state index contributed by atoms with van der Waals surface area (Å²) in [5.41, 5.74) is 3.29. The summed E-state index contributed by atoms with van der Waals surface area (Å²) in [4.78, 5) is 14.9. The van der Waals surface area contributed by atoms with Gasteiger partial charge in [0.2, 0.25) is 0 Å². The number of carbonyl (C=O) groups excluding carboxylic acids is 1. The van der Waals surface area contributed by atoms with E-state index in [0.29, 0.717) is 12.6 Å². The lowest BCUT2D eigenvalue weighted by molar-refractivity contribution is 0.0706. The SMILES string of the molecule is C=CCN(C(=O)c1ccc2c(c1)CCCN2)C1CCCC1.